The molecule has 0 aliphatic heterocycles. The van der Waals surface area contributed by atoms with Crippen molar-refractivity contribution in [2.45, 2.75) is 13.5 Å². The van der Waals surface area contributed by atoms with Gasteiger partial charge in [0.15, 0.2) is 5.75 Å². The highest BCUT2D eigenvalue weighted by molar-refractivity contribution is 9.10. The fraction of sp³-hybridized carbons (Fsp3) is 0.231. The highest BCUT2D eigenvalue weighted by atomic mass is 79.9. The summed E-state index contributed by atoms with van der Waals surface area (Å²) in [7, 11) is 1.87. The van der Waals surface area contributed by atoms with Gasteiger partial charge in [0.2, 0.25) is 0 Å². The van der Waals surface area contributed by atoms with Crippen LogP contribution in [0.2, 0.25) is 10.0 Å². The van der Waals surface area contributed by atoms with Crippen molar-refractivity contribution in [3.05, 3.63) is 44.1 Å². The number of halogens is 3. The Kier molecular flexibility index (Phi) is 5.21. The first-order chi connectivity index (χ1) is 9.51. The Morgan fingerprint density at radius 1 is 1.30 bits per heavy atom. The molecule has 20 heavy (non-hydrogen) atoms. The molecule has 2 aromatic rings. The van der Waals surface area contributed by atoms with Crippen LogP contribution in [-0.4, -0.2) is 17.0 Å². The number of hydrogen-bond acceptors (Lipinski definition) is 4. The van der Waals surface area contributed by atoms with Gasteiger partial charge in [-0.3, -0.25) is 0 Å². The van der Waals surface area contributed by atoms with E-state index in [1.54, 1.807) is 18.3 Å². The fourth-order valence-electron chi connectivity index (χ4n) is 1.56. The van der Waals surface area contributed by atoms with E-state index in [4.69, 9.17) is 27.9 Å². The summed E-state index contributed by atoms with van der Waals surface area (Å²) in [6, 6.07) is 3.53. The Hall–Kier alpha value is -0.880. The molecule has 4 nitrogen and oxygen atoms in total. The summed E-state index contributed by atoms with van der Waals surface area (Å²) >= 11 is 15.4. The Balaban J connectivity index is 2.26. The molecule has 0 aliphatic carbocycles. The van der Waals surface area contributed by atoms with E-state index in [1.165, 1.54) is 0 Å². The van der Waals surface area contributed by atoms with Crippen LogP contribution < -0.4 is 10.1 Å². The lowest BCUT2D eigenvalue weighted by Crippen LogP contribution is -2.08. The molecule has 1 heterocycles. The van der Waals surface area contributed by atoms with Gasteiger partial charge in [0.05, 0.1) is 10.0 Å². The molecule has 0 fully saturated rings. The largest absolute Gasteiger partial charge is 0.423 e. The number of aryl methyl sites for hydroxylation is 1. The number of hydrogen-bond donors (Lipinski definition) is 1. The van der Waals surface area contributed by atoms with Crippen LogP contribution >= 0.6 is 39.1 Å². The molecule has 0 radical (unpaired) electrons. The molecule has 106 valence electrons. The molecule has 0 aliphatic rings. The standard InChI is InChI=1S/C13H12BrCl2N3O/c1-7-8(5-17-2)6-18-13(19-7)20-12-4-10(15)9(14)3-11(12)16/h3-4,6,17H,5H2,1-2H3. The third kappa shape index (κ3) is 3.61. The van der Waals surface area contributed by atoms with Crippen LogP contribution in [0.25, 0.3) is 0 Å². The van der Waals surface area contributed by atoms with Gasteiger partial charge in [0, 0.05) is 34.5 Å². The minimum Gasteiger partial charge on any atom is -0.423 e. The zero-order valence-corrected chi connectivity index (χ0v) is 14.0. The molecular weight excluding hydrogens is 365 g/mol. The molecule has 1 N–H and O–H groups in total. The van der Waals surface area contributed by atoms with Crippen molar-refractivity contribution in [2.75, 3.05) is 7.05 Å². The fourth-order valence-corrected chi connectivity index (χ4v) is 2.40. The highest BCUT2D eigenvalue weighted by Crippen LogP contribution is 2.35. The van der Waals surface area contributed by atoms with Crippen molar-refractivity contribution in [2.24, 2.45) is 0 Å². The van der Waals surface area contributed by atoms with Crippen LogP contribution in [0.3, 0.4) is 0 Å². The van der Waals surface area contributed by atoms with Crippen molar-refractivity contribution >= 4 is 39.1 Å². The second-order valence-electron chi connectivity index (χ2n) is 4.09. The molecule has 2 rings (SSSR count). The number of rotatable bonds is 4. The van der Waals surface area contributed by atoms with Gasteiger partial charge in [-0.1, -0.05) is 23.2 Å². The molecule has 0 bridgehead atoms. The molecule has 0 saturated heterocycles. The first kappa shape index (κ1) is 15.5. The lowest BCUT2D eigenvalue weighted by molar-refractivity contribution is 0.439. The lowest BCUT2D eigenvalue weighted by Gasteiger charge is -2.09. The van der Waals surface area contributed by atoms with Gasteiger partial charge in [-0.25, -0.2) is 4.98 Å². The first-order valence-corrected chi connectivity index (χ1v) is 7.35. The summed E-state index contributed by atoms with van der Waals surface area (Å²) in [6.07, 6.45) is 1.72. The SMILES string of the molecule is CNCc1cnc(Oc2cc(Cl)c(Br)cc2Cl)nc1C. The summed E-state index contributed by atoms with van der Waals surface area (Å²) in [6.45, 7) is 2.61. The van der Waals surface area contributed by atoms with Gasteiger partial charge in [-0.05, 0) is 36.0 Å². The number of nitrogens with zero attached hydrogens (tertiary/aromatic N) is 2. The number of ether oxygens (including phenoxy) is 1. The summed E-state index contributed by atoms with van der Waals surface area (Å²) < 4.78 is 6.29. The lowest BCUT2D eigenvalue weighted by atomic mass is 10.2. The first-order valence-electron chi connectivity index (χ1n) is 5.80. The molecule has 0 atom stereocenters. The summed E-state index contributed by atoms with van der Waals surface area (Å²) in [5, 5.41) is 3.99. The number of nitrogens with one attached hydrogen (secondary N) is 1. The van der Waals surface area contributed by atoms with Crippen molar-refractivity contribution in [3.63, 3.8) is 0 Å². The zero-order chi connectivity index (χ0) is 14.7. The predicted molar refractivity (Wildman–Crippen MR) is 83.8 cm³/mol. The topological polar surface area (TPSA) is 47.0 Å². The third-order valence-electron chi connectivity index (χ3n) is 2.60. The maximum Gasteiger partial charge on any atom is 0.322 e. The quantitative estimate of drug-likeness (QED) is 0.805. The van der Waals surface area contributed by atoms with E-state index in [9.17, 15) is 0 Å². The zero-order valence-electron chi connectivity index (χ0n) is 10.9. The van der Waals surface area contributed by atoms with E-state index < -0.39 is 0 Å². The Labute approximate surface area is 135 Å². The molecule has 0 saturated carbocycles. The van der Waals surface area contributed by atoms with Gasteiger partial charge >= 0.3 is 6.01 Å². The Morgan fingerprint density at radius 2 is 2.05 bits per heavy atom. The molecule has 7 heteroatoms. The van der Waals surface area contributed by atoms with Crippen molar-refractivity contribution in [1.82, 2.24) is 15.3 Å². The molecule has 1 aromatic heterocycles. The van der Waals surface area contributed by atoms with Crippen molar-refractivity contribution in [1.29, 1.82) is 0 Å². The Bertz CT molecular complexity index is 637. The molecule has 0 spiro atoms. The van der Waals surface area contributed by atoms with Gasteiger partial charge in [-0.15, -0.1) is 0 Å². The van der Waals surface area contributed by atoms with E-state index in [-0.39, 0.29) is 6.01 Å². The summed E-state index contributed by atoms with van der Waals surface area (Å²) in [4.78, 5) is 8.45. The minimum atomic E-state index is 0.239. The average Bonchev–Trinajstić information content (AvgIpc) is 2.39. The molecule has 0 unspecified atom stereocenters. The van der Waals surface area contributed by atoms with Gasteiger partial charge in [0.25, 0.3) is 0 Å². The molecule has 1 aromatic carbocycles. The van der Waals surface area contributed by atoms with Crippen LogP contribution in [0.5, 0.6) is 11.8 Å². The predicted octanol–water partition coefficient (Wildman–Crippen LogP) is 4.37. The minimum absolute atomic E-state index is 0.239. The molecule has 0 amide bonds. The van der Waals surface area contributed by atoms with E-state index in [2.05, 4.69) is 31.2 Å². The van der Waals surface area contributed by atoms with Crippen LogP contribution in [0.15, 0.2) is 22.8 Å². The maximum absolute atomic E-state index is 6.09. The van der Waals surface area contributed by atoms with Crippen LogP contribution in [0.1, 0.15) is 11.3 Å². The second kappa shape index (κ2) is 6.72. The highest BCUT2D eigenvalue weighted by Gasteiger charge is 2.10. The normalized spacial score (nSPS) is 10.7. The van der Waals surface area contributed by atoms with Crippen LogP contribution in [-0.2, 0) is 6.54 Å². The average molecular weight is 377 g/mol. The van der Waals surface area contributed by atoms with Gasteiger partial charge in [0.1, 0.15) is 0 Å². The van der Waals surface area contributed by atoms with E-state index in [0.29, 0.717) is 26.8 Å². The Morgan fingerprint density at radius 3 is 2.70 bits per heavy atom. The van der Waals surface area contributed by atoms with Crippen LogP contribution in [0.4, 0.5) is 0 Å². The van der Waals surface area contributed by atoms with Crippen LogP contribution in [0, 0.1) is 6.92 Å². The number of aromatic nitrogens is 2. The van der Waals surface area contributed by atoms with E-state index in [0.717, 1.165) is 11.3 Å². The second-order valence-corrected chi connectivity index (χ2v) is 5.76. The smallest absolute Gasteiger partial charge is 0.322 e. The summed E-state index contributed by atoms with van der Waals surface area (Å²) in [5.41, 5.74) is 1.86. The molecular formula is C13H12BrCl2N3O. The monoisotopic (exact) mass is 375 g/mol. The van der Waals surface area contributed by atoms with Crippen molar-refractivity contribution < 1.29 is 4.74 Å². The third-order valence-corrected chi connectivity index (χ3v) is 4.09. The maximum atomic E-state index is 6.09. The van der Waals surface area contributed by atoms with E-state index in [1.807, 2.05) is 14.0 Å². The number of benzene rings is 1. The van der Waals surface area contributed by atoms with E-state index >= 15 is 0 Å². The van der Waals surface area contributed by atoms with Crippen molar-refractivity contribution in [3.8, 4) is 11.8 Å². The van der Waals surface area contributed by atoms with Gasteiger partial charge < -0.3 is 10.1 Å². The summed E-state index contributed by atoms with van der Waals surface area (Å²) in [5.74, 6) is 0.417. The van der Waals surface area contributed by atoms with Gasteiger partial charge in [-0.2, -0.15) is 4.98 Å².